The van der Waals surface area contributed by atoms with E-state index in [9.17, 15) is 19.2 Å². The molecule has 1 aromatic carbocycles. The van der Waals surface area contributed by atoms with E-state index in [1.54, 1.807) is 29.2 Å². The van der Waals surface area contributed by atoms with Gasteiger partial charge in [-0.25, -0.2) is 0 Å². The van der Waals surface area contributed by atoms with Crippen molar-refractivity contribution in [2.75, 3.05) is 20.2 Å². The van der Waals surface area contributed by atoms with Crippen LogP contribution in [0.1, 0.15) is 53.8 Å². The lowest BCUT2D eigenvalue weighted by molar-refractivity contribution is -0.149. The average molecular weight is 386 g/mol. The fraction of sp³-hybridized carbons (Fsp3) is 0.524. The van der Waals surface area contributed by atoms with Gasteiger partial charge in [-0.3, -0.25) is 24.1 Å². The first-order valence-corrected chi connectivity index (χ1v) is 9.74. The Morgan fingerprint density at radius 2 is 1.64 bits per heavy atom. The maximum Gasteiger partial charge on any atom is 0.308 e. The molecule has 0 aromatic heterocycles. The van der Waals surface area contributed by atoms with Crippen LogP contribution in [0.15, 0.2) is 24.3 Å². The first-order chi connectivity index (χ1) is 13.4. The second kappa shape index (κ2) is 8.12. The minimum atomic E-state index is -0.841. The number of hydrogen-bond acceptors (Lipinski definition) is 5. The van der Waals surface area contributed by atoms with E-state index >= 15 is 0 Å². The zero-order valence-electron chi connectivity index (χ0n) is 16.5. The summed E-state index contributed by atoms with van der Waals surface area (Å²) in [6, 6.07) is 5.83. The van der Waals surface area contributed by atoms with Crippen LogP contribution in [0.5, 0.6) is 0 Å². The van der Waals surface area contributed by atoms with Gasteiger partial charge in [-0.15, -0.1) is 0 Å². The molecule has 28 heavy (non-hydrogen) atoms. The van der Waals surface area contributed by atoms with Crippen molar-refractivity contribution in [3.8, 4) is 0 Å². The van der Waals surface area contributed by atoms with Crippen LogP contribution in [0, 0.1) is 11.8 Å². The van der Waals surface area contributed by atoms with E-state index in [1.165, 1.54) is 7.11 Å². The molecule has 0 aliphatic carbocycles. The SMILES string of the molecule is CCC(C)C(C(=O)N1CCC(C(=O)OC)CC1)N1C(=O)c2ccccc2C1=O. The summed E-state index contributed by atoms with van der Waals surface area (Å²) in [6.07, 6.45) is 1.70. The van der Waals surface area contributed by atoms with Gasteiger partial charge in [-0.05, 0) is 30.9 Å². The van der Waals surface area contributed by atoms with Crippen molar-refractivity contribution in [2.45, 2.75) is 39.2 Å². The number of imide groups is 1. The highest BCUT2D eigenvalue weighted by Crippen LogP contribution is 2.30. The van der Waals surface area contributed by atoms with Crippen LogP contribution in [0.4, 0.5) is 0 Å². The van der Waals surface area contributed by atoms with Crippen molar-refractivity contribution in [3.63, 3.8) is 0 Å². The van der Waals surface area contributed by atoms with Gasteiger partial charge in [0.15, 0.2) is 0 Å². The Morgan fingerprint density at radius 1 is 1.11 bits per heavy atom. The fourth-order valence-electron chi connectivity index (χ4n) is 3.98. The largest absolute Gasteiger partial charge is 0.469 e. The molecule has 0 saturated carbocycles. The molecule has 3 amide bonds. The number of methoxy groups -OCH3 is 1. The third-order valence-electron chi connectivity index (χ3n) is 5.88. The lowest BCUT2D eigenvalue weighted by Gasteiger charge is -2.37. The number of ether oxygens (including phenoxy) is 1. The molecule has 1 saturated heterocycles. The van der Waals surface area contributed by atoms with E-state index in [2.05, 4.69) is 0 Å². The second-order valence-corrected chi connectivity index (χ2v) is 7.48. The molecule has 2 unspecified atom stereocenters. The minimum Gasteiger partial charge on any atom is -0.469 e. The molecule has 2 aliphatic heterocycles. The Hall–Kier alpha value is -2.70. The molecular formula is C21H26N2O5. The highest BCUT2D eigenvalue weighted by Gasteiger charge is 2.46. The van der Waals surface area contributed by atoms with Gasteiger partial charge in [0.25, 0.3) is 11.8 Å². The quantitative estimate of drug-likeness (QED) is 0.572. The summed E-state index contributed by atoms with van der Waals surface area (Å²) in [5, 5.41) is 0. The van der Waals surface area contributed by atoms with Gasteiger partial charge in [0.05, 0.1) is 24.2 Å². The van der Waals surface area contributed by atoms with Crippen molar-refractivity contribution in [1.82, 2.24) is 9.80 Å². The standard InChI is InChI=1S/C21H26N2O5/c1-4-13(2)17(20(26)22-11-9-14(10-12-22)21(27)28-3)23-18(24)15-7-5-6-8-16(15)19(23)25/h5-8,13-14,17H,4,9-12H2,1-3H3. The van der Waals surface area contributed by atoms with Crippen LogP contribution < -0.4 is 0 Å². The minimum absolute atomic E-state index is 0.173. The van der Waals surface area contributed by atoms with Crippen LogP contribution in [-0.2, 0) is 14.3 Å². The summed E-state index contributed by atoms with van der Waals surface area (Å²) in [5.74, 6) is -1.70. The van der Waals surface area contributed by atoms with Crippen LogP contribution >= 0.6 is 0 Å². The topological polar surface area (TPSA) is 84.0 Å². The number of amides is 3. The molecule has 1 aromatic rings. The number of fused-ring (bicyclic) bond motifs is 1. The maximum atomic E-state index is 13.3. The zero-order chi connectivity index (χ0) is 20.4. The molecule has 7 nitrogen and oxygen atoms in total. The van der Waals surface area contributed by atoms with Gasteiger partial charge in [0.1, 0.15) is 6.04 Å². The van der Waals surface area contributed by atoms with Crippen molar-refractivity contribution >= 4 is 23.7 Å². The Kier molecular flexibility index (Phi) is 5.82. The predicted molar refractivity (Wildman–Crippen MR) is 102 cm³/mol. The van der Waals surface area contributed by atoms with Crippen molar-refractivity contribution in [3.05, 3.63) is 35.4 Å². The maximum absolute atomic E-state index is 13.3. The summed E-state index contributed by atoms with van der Waals surface area (Å²) in [7, 11) is 1.36. The molecule has 2 aliphatic rings. The molecule has 3 rings (SSSR count). The average Bonchev–Trinajstić information content (AvgIpc) is 2.98. The number of hydrogen-bond donors (Lipinski definition) is 0. The number of esters is 1. The third kappa shape index (κ3) is 3.41. The summed E-state index contributed by atoms with van der Waals surface area (Å²) in [4.78, 5) is 53.7. The molecule has 2 atom stereocenters. The summed E-state index contributed by atoms with van der Waals surface area (Å²) >= 11 is 0. The van der Waals surface area contributed by atoms with Gasteiger partial charge in [-0.1, -0.05) is 32.4 Å². The smallest absolute Gasteiger partial charge is 0.308 e. The van der Waals surface area contributed by atoms with Gasteiger partial charge in [0, 0.05) is 13.1 Å². The molecule has 0 bridgehead atoms. The van der Waals surface area contributed by atoms with Crippen molar-refractivity contribution in [1.29, 1.82) is 0 Å². The van der Waals surface area contributed by atoms with Gasteiger partial charge in [0.2, 0.25) is 5.91 Å². The van der Waals surface area contributed by atoms with Gasteiger partial charge in [-0.2, -0.15) is 0 Å². The number of likely N-dealkylation sites (tertiary alicyclic amines) is 1. The summed E-state index contributed by atoms with van der Waals surface area (Å²) < 4.78 is 4.79. The highest BCUT2D eigenvalue weighted by atomic mass is 16.5. The van der Waals surface area contributed by atoms with Crippen LogP contribution in [0.25, 0.3) is 0 Å². The highest BCUT2D eigenvalue weighted by molar-refractivity contribution is 6.22. The fourth-order valence-corrected chi connectivity index (χ4v) is 3.98. The zero-order valence-corrected chi connectivity index (χ0v) is 16.5. The predicted octanol–water partition coefficient (Wildman–Crippen LogP) is 2.11. The Morgan fingerprint density at radius 3 is 2.11 bits per heavy atom. The van der Waals surface area contributed by atoms with Crippen molar-refractivity contribution in [2.24, 2.45) is 11.8 Å². The van der Waals surface area contributed by atoms with E-state index < -0.39 is 17.9 Å². The van der Waals surface area contributed by atoms with E-state index in [1.807, 2.05) is 13.8 Å². The third-order valence-corrected chi connectivity index (χ3v) is 5.88. The number of benzene rings is 1. The number of rotatable bonds is 5. The first kappa shape index (κ1) is 20.0. The van der Waals surface area contributed by atoms with E-state index in [0.717, 1.165) is 4.90 Å². The number of carbonyl (C=O) groups is 4. The second-order valence-electron chi connectivity index (χ2n) is 7.48. The van der Waals surface area contributed by atoms with E-state index in [-0.39, 0.29) is 23.7 Å². The molecule has 1 fully saturated rings. The molecule has 0 spiro atoms. The Bertz CT molecular complexity index is 763. The summed E-state index contributed by atoms with van der Waals surface area (Å²) in [5.41, 5.74) is 0.691. The van der Waals surface area contributed by atoms with Crippen LogP contribution in [0.2, 0.25) is 0 Å². The summed E-state index contributed by atoms with van der Waals surface area (Å²) in [6.45, 7) is 4.64. The normalized spacial score (nSPS) is 19.4. The number of nitrogens with zero attached hydrogens (tertiary/aromatic N) is 2. The van der Waals surface area contributed by atoms with Crippen LogP contribution in [0.3, 0.4) is 0 Å². The van der Waals surface area contributed by atoms with E-state index in [4.69, 9.17) is 4.74 Å². The molecule has 2 heterocycles. The van der Waals surface area contributed by atoms with E-state index in [0.29, 0.717) is 43.5 Å². The van der Waals surface area contributed by atoms with Crippen molar-refractivity contribution < 1.29 is 23.9 Å². The number of carbonyl (C=O) groups excluding carboxylic acids is 4. The lowest BCUT2D eigenvalue weighted by atomic mass is 9.93. The van der Waals surface area contributed by atoms with Crippen LogP contribution in [-0.4, -0.2) is 59.7 Å². The molecular weight excluding hydrogens is 360 g/mol. The molecule has 0 radical (unpaired) electrons. The Balaban J connectivity index is 1.82. The molecule has 150 valence electrons. The van der Waals surface area contributed by atoms with Gasteiger partial charge >= 0.3 is 5.97 Å². The lowest BCUT2D eigenvalue weighted by Crippen LogP contribution is -2.55. The number of piperidine rings is 1. The monoisotopic (exact) mass is 386 g/mol. The molecule has 7 heteroatoms. The Labute approximate surface area is 164 Å². The van der Waals surface area contributed by atoms with Gasteiger partial charge < -0.3 is 9.64 Å². The first-order valence-electron chi connectivity index (χ1n) is 9.74. The molecule has 0 N–H and O–H groups in total.